The fourth-order valence-corrected chi connectivity index (χ4v) is 3.01. The number of halogens is 1. The molecule has 0 aliphatic heterocycles. The van der Waals surface area contributed by atoms with Gasteiger partial charge in [-0.3, -0.25) is 0 Å². The number of aliphatic hydroxyl groups excluding tert-OH is 1. The van der Waals surface area contributed by atoms with E-state index in [1.54, 1.807) is 13.1 Å². The van der Waals surface area contributed by atoms with Crippen LogP contribution in [0.4, 0.5) is 5.13 Å². The number of rotatable bonds is 4. The van der Waals surface area contributed by atoms with Crippen LogP contribution in [-0.4, -0.2) is 17.1 Å². The molecule has 1 aromatic heterocycles. The van der Waals surface area contributed by atoms with E-state index >= 15 is 0 Å². The molecule has 0 fully saturated rings. The van der Waals surface area contributed by atoms with E-state index in [0.29, 0.717) is 0 Å². The number of aromatic nitrogens is 1. The zero-order chi connectivity index (χ0) is 14.0. The monoisotopic (exact) mass is 296 g/mol. The van der Waals surface area contributed by atoms with Crippen LogP contribution in [0.15, 0.2) is 30.5 Å². The molecule has 0 spiro atoms. The highest BCUT2D eigenvalue weighted by Gasteiger charge is 2.18. The zero-order valence-electron chi connectivity index (χ0n) is 11.2. The lowest BCUT2D eigenvalue weighted by molar-refractivity contribution is 0.203. The minimum atomic E-state index is -0.477. The summed E-state index contributed by atoms with van der Waals surface area (Å²) in [6, 6.07) is 7.95. The molecule has 0 bridgehead atoms. The van der Waals surface area contributed by atoms with Gasteiger partial charge in [0.25, 0.3) is 0 Å². The lowest BCUT2D eigenvalue weighted by Crippen LogP contribution is -2.21. The number of aliphatic hydroxyl groups is 1. The zero-order valence-corrected chi connectivity index (χ0v) is 12.7. The molecule has 2 atom stereocenters. The minimum Gasteiger partial charge on any atom is -0.388 e. The van der Waals surface area contributed by atoms with E-state index in [1.807, 2.05) is 31.3 Å². The van der Waals surface area contributed by atoms with Crippen LogP contribution in [0.3, 0.4) is 0 Å². The fraction of sp³-hybridized carbons (Fsp3) is 0.357. The first-order valence-corrected chi connectivity index (χ1v) is 7.31. The van der Waals surface area contributed by atoms with Crippen molar-refractivity contribution in [3.63, 3.8) is 0 Å². The molecule has 0 saturated heterocycles. The van der Waals surface area contributed by atoms with Crippen molar-refractivity contribution in [3.8, 4) is 0 Å². The summed E-state index contributed by atoms with van der Waals surface area (Å²) in [6.07, 6.45) is 1.25. The molecule has 0 saturated carbocycles. The Morgan fingerprint density at radius 2 is 2.00 bits per heavy atom. The molecule has 0 radical (unpaired) electrons. The summed E-state index contributed by atoms with van der Waals surface area (Å²) < 4.78 is 0. The minimum absolute atomic E-state index is 0.127. The Hall–Kier alpha value is -1.10. The van der Waals surface area contributed by atoms with Gasteiger partial charge in [-0.1, -0.05) is 41.1 Å². The second-order valence-corrected chi connectivity index (χ2v) is 5.98. The van der Waals surface area contributed by atoms with Gasteiger partial charge in [0.15, 0.2) is 5.13 Å². The number of hydrogen-bond acceptors (Lipinski definition) is 4. The van der Waals surface area contributed by atoms with Gasteiger partial charge in [-0.2, -0.15) is 0 Å². The molecule has 1 N–H and O–H groups in total. The van der Waals surface area contributed by atoms with Gasteiger partial charge in [0.1, 0.15) is 0 Å². The SMILES string of the molecule is CC(O)c1cnc(N(C)C(C)c2ccccc2Cl)s1. The Morgan fingerprint density at radius 3 is 2.58 bits per heavy atom. The Kier molecular flexibility index (Phi) is 4.45. The number of thiazole rings is 1. The molecule has 2 rings (SSSR count). The first-order chi connectivity index (χ1) is 9.00. The number of benzene rings is 1. The number of anilines is 1. The van der Waals surface area contributed by atoms with Gasteiger partial charge >= 0.3 is 0 Å². The first-order valence-electron chi connectivity index (χ1n) is 6.11. The average molecular weight is 297 g/mol. The molecular weight excluding hydrogens is 280 g/mol. The lowest BCUT2D eigenvalue weighted by Gasteiger charge is -2.25. The van der Waals surface area contributed by atoms with E-state index in [9.17, 15) is 5.11 Å². The summed E-state index contributed by atoms with van der Waals surface area (Å²) in [4.78, 5) is 7.29. The fourth-order valence-electron chi connectivity index (χ4n) is 1.82. The van der Waals surface area contributed by atoms with Crippen LogP contribution in [0, 0.1) is 0 Å². The van der Waals surface area contributed by atoms with E-state index in [-0.39, 0.29) is 6.04 Å². The second kappa shape index (κ2) is 5.90. The normalized spacial score (nSPS) is 14.2. The van der Waals surface area contributed by atoms with Crippen molar-refractivity contribution >= 4 is 28.1 Å². The Bertz CT molecular complexity index is 556. The Balaban J connectivity index is 2.23. The third-order valence-corrected chi connectivity index (χ3v) is 4.76. The summed E-state index contributed by atoms with van der Waals surface area (Å²) in [6.45, 7) is 3.83. The van der Waals surface area contributed by atoms with Crippen molar-refractivity contribution in [2.24, 2.45) is 0 Å². The smallest absolute Gasteiger partial charge is 0.185 e. The van der Waals surface area contributed by atoms with Crippen molar-refractivity contribution in [3.05, 3.63) is 45.9 Å². The summed E-state index contributed by atoms with van der Waals surface area (Å²) >= 11 is 7.72. The van der Waals surface area contributed by atoms with Crippen LogP contribution in [0.5, 0.6) is 0 Å². The van der Waals surface area contributed by atoms with Crippen molar-refractivity contribution in [1.82, 2.24) is 4.98 Å². The third-order valence-electron chi connectivity index (χ3n) is 3.16. The summed E-state index contributed by atoms with van der Waals surface area (Å²) in [5.74, 6) is 0. The van der Waals surface area contributed by atoms with Crippen molar-refractivity contribution in [2.45, 2.75) is 26.0 Å². The Morgan fingerprint density at radius 1 is 1.32 bits per heavy atom. The van der Waals surface area contributed by atoms with E-state index in [4.69, 9.17) is 11.6 Å². The highest BCUT2D eigenvalue weighted by Crippen LogP contribution is 2.33. The van der Waals surface area contributed by atoms with E-state index < -0.39 is 6.10 Å². The summed E-state index contributed by atoms with van der Waals surface area (Å²) in [5, 5.41) is 11.2. The van der Waals surface area contributed by atoms with Crippen LogP contribution in [0.25, 0.3) is 0 Å². The van der Waals surface area contributed by atoms with Crippen molar-refractivity contribution < 1.29 is 5.11 Å². The van der Waals surface area contributed by atoms with Gasteiger partial charge in [-0.15, -0.1) is 0 Å². The predicted molar refractivity (Wildman–Crippen MR) is 81.0 cm³/mol. The van der Waals surface area contributed by atoms with Crippen LogP contribution in [0.2, 0.25) is 5.02 Å². The topological polar surface area (TPSA) is 36.4 Å². The van der Waals surface area contributed by atoms with E-state index in [2.05, 4.69) is 16.8 Å². The largest absolute Gasteiger partial charge is 0.388 e. The third kappa shape index (κ3) is 3.08. The van der Waals surface area contributed by atoms with Crippen LogP contribution in [0.1, 0.15) is 36.4 Å². The van der Waals surface area contributed by atoms with Crippen molar-refractivity contribution in [2.75, 3.05) is 11.9 Å². The highest BCUT2D eigenvalue weighted by molar-refractivity contribution is 7.15. The van der Waals surface area contributed by atoms with Gasteiger partial charge in [0, 0.05) is 18.3 Å². The van der Waals surface area contributed by atoms with Gasteiger partial charge in [0.2, 0.25) is 0 Å². The van der Waals surface area contributed by atoms with Gasteiger partial charge in [-0.25, -0.2) is 4.98 Å². The molecule has 0 amide bonds. The van der Waals surface area contributed by atoms with Crippen LogP contribution < -0.4 is 4.90 Å². The molecule has 1 heterocycles. The molecule has 1 aromatic carbocycles. The predicted octanol–water partition coefficient (Wildman–Crippen LogP) is 4.05. The maximum atomic E-state index is 9.55. The average Bonchev–Trinajstić information content (AvgIpc) is 2.87. The quantitative estimate of drug-likeness (QED) is 0.925. The molecule has 3 nitrogen and oxygen atoms in total. The molecule has 2 aromatic rings. The summed E-state index contributed by atoms with van der Waals surface area (Å²) in [7, 11) is 1.98. The van der Waals surface area contributed by atoms with Crippen LogP contribution in [-0.2, 0) is 0 Å². The van der Waals surface area contributed by atoms with Gasteiger partial charge in [0.05, 0.1) is 17.0 Å². The van der Waals surface area contributed by atoms with E-state index in [0.717, 1.165) is 20.6 Å². The lowest BCUT2D eigenvalue weighted by atomic mass is 10.1. The maximum absolute atomic E-state index is 9.55. The maximum Gasteiger partial charge on any atom is 0.185 e. The molecule has 0 aliphatic carbocycles. The molecule has 5 heteroatoms. The molecule has 19 heavy (non-hydrogen) atoms. The molecule has 2 unspecified atom stereocenters. The second-order valence-electron chi connectivity index (χ2n) is 4.53. The van der Waals surface area contributed by atoms with Gasteiger partial charge in [-0.05, 0) is 25.5 Å². The highest BCUT2D eigenvalue weighted by atomic mass is 35.5. The molecule has 0 aliphatic rings. The number of nitrogens with zero attached hydrogens (tertiary/aromatic N) is 2. The van der Waals surface area contributed by atoms with E-state index in [1.165, 1.54) is 11.3 Å². The summed E-state index contributed by atoms with van der Waals surface area (Å²) in [5.41, 5.74) is 1.07. The van der Waals surface area contributed by atoms with Crippen LogP contribution >= 0.6 is 22.9 Å². The standard InChI is InChI=1S/C14H17ClN2OS/c1-9(11-6-4-5-7-12(11)15)17(3)14-16-8-13(19-14)10(2)18/h4-10,18H,1-3H3. The Labute approximate surface area is 122 Å². The van der Waals surface area contributed by atoms with Gasteiger partial charge < -0.3 is 10.0 Å². The first kappa shape index (κ1) is 14.3. The number of hydrogen-bond donors (Lipinski definition) is 1. The van der Waals surface area contributed by atoms with Crippen molar-refractivity contribution in [1.29, 1.82) is 0 Å². The molecular formula is C14H17ClN2OS. The molecule has 102 valence electrons.